The minimum absolute atomic E-state index is 0.344. The zero-order chi connectivity index (χ0) is 5.49. The van der Waals surface area contributed by atoms with E-state index in [-0.39, 0.29) is 0 Å². The maximum Gasteiger partial charge on any atom is 0.139 e. The largest absolute Gasteiger partial charge is 0.302 e. The molecule has 0 heterocycles. The van der Waals surface area contributed by atoms with Crippen LogP contribution in [-0.2, 0) is 4.79 Å². The summed E-state index contributed by atoms with van der Waals surface area (Å²) < 4.78 is 11.1. The molecule has 1 saturated carbocycles. The number of aldehydes is 1. The molecule has 3 heteroatoms. The standard InChI is InChI=1S/C4H4BrFO/c5-4(2-7)1-3(4)6/h2-3H,1H2. The number of hydrogen-bond acceptors (Lipinski definition) is 1. The van der Waals surface area contributed by atoms with Gasteiger partial charge in [0.2, 0.25) is 0 Å². The molecule has 0 amide bonds. The van der Waals surface area contributed by atoms with Gasteiger partial charge in [-0.15, -0.1) is 0 Å². The first-order valence-corrected chi connectivity index (χ1v) is 2.78. The van der Waals surface area contributed by atoms with Crippen LogP contribution in [-0.4, -0.2) is 16.8 Å². The maximum absolute atomic E-state index is 11.9. The fourth-order valence-electron chi connectivity index (χ4n) is 0.338. The molecule has 40 valence electrons. The van der Waals surface area contributed by atoms with E-state index in [1.165, 1.54) is 0 Å². The van der Waals surface area contributed by atoms with Crippen molar-refractivity contribution in [2.45, 2.75) is 16.9 Å². The number of rotatable bonds is 1. The molecule has 0 bridgehead atoms. The van der Waals surface area contributed by atoms with E-state index in [9.17, 15) is 9.18 Å². The van der Waals surface area contributed by atoms with E-state index in [1.54, 1.807) is 0 Å². The van der Waals surface area contributed by atoms with Crippen molar-refractivity contribution in [3.63, 3.8) is 0 Å². The van der Waals surface area contributed by atoms with E-state index in [4.69, 9.17) is 0 Å². The van der Waals surface area contributed by atoms with Gasteiger partial charge in [0.15, 0.2) is 0 Å². The third-order valence-corrected chi connectivity index (χ3v) is 2.06. The number of carbonyl (C=O) groups excluding carboxylic acids is 1. The molecule has 1 nitrogen and oxygen atoms in total. The molecule has 0 aliphatic heterocycles. The normalized spacial score (nSPS) is 48.6. The van der Waals surface area contributed by atoms with Gasteiger partial charge in [-0.25, -0.2) is 4.39 Å². The number of hydrogen-bond donors (Lipinski definition) is 0. The third-order valence-electron chi connectivity index (χ3n) is 1.05. The van der Waals surface area contributed by atoms with Crippen LogP contribution >= 0.6 is 15.9 Å². The van der Waals surface area contributed by atoms with Crippen molar-refractivity contribution in [2.24, 2.45) is 0 Å². The molecule has 0 aromatic carbocycles. The Balaban J connectivity index is 2.51. The van der Waals surface area contributed by atoms with E-state index in [2.05, 4.69) is 15.9 Å². The molecule has 0 N–H and O–H groups in total. The quantitative estimate of drug-likeness (QED) is 0.421. The molecule has 0 aromatic rings. The molecular weight excluding hydrogens is 163 g/mol. The van der Waals surface area contributed by atoms with Gasteiger partial charge in [-0.05, 0) is 0 Å². The fourth-order valence-corrected chi connectivity index (χ4v) is 0.622. The molecule has 1 aliphatic carbocycles. The van der Waals surface area contributed by atoms with Crippen LogP contribution in [0.25, 0.3) is 0 Å². The second-order valence-electron chi connectivity index (χ2n) is 1.72. The number of halogens is 2. The third kappa shape index (κ3) is 0.694. The predicted molar refractivity (Wildman–Crippen MR) is 27.2 cm³/mol. The van der Waals surface area contributed by atoms with Crippen molar-refractivity contribution < 1.29 is 9.18 Å². The van der Waals surface area contributed by atoms with E-state index in [0.29, 0.717) is 12.7 Å². The first-order valence-electron chi connectivity index (χ1n) is 1.98. The molecule has 0 radical (unpaired) electrons. The summed E-state index contributed by atoms with van der Waals surface area (Å²) in [5.41, 5.74) is 0. The lowest BCUT2D eigenvalue weighted by molar-refractivity contribution is -0.108. The van der Waals surface area contributed by atoms with Gasteiger partial charge in [0.25, 0.3) is 0 Å². The van der Waals surface area contributed by atoms with Crippen LogP contribution in [0.1, 0.15) is 6.42 Å². The van der Waals surface area contributed by atoms with Crippen molar-refractivity contribution in [3.8, 4) is 0 Å². The molecular formula is C4H4BrFO. The highest BCUT2D eigenvalue weighted by molar-refractivity contribution is 9.10. The lowest BCUT2D eigenvalue weighted by Crippen LogP contribution is -2.01. The maximum atomic E-state index is 11.9. The summed E-state index contributed by atoms with van der Waals surface area (Å²) >= 11 is 2.91. The Hall–Kier alpha value is 0.0800. The lowest BCUT2D eigenvalue weighted by atomic mass is 10.5. The van der Waals surface area contributed by atoms with Crippen molar-refractivity contribution in [1.82, 2.24) is 0 Å². The summed E-state index contributed by atoms with van der Waals surface area (Å²) in [7, 11) is 0. The van der Waals surface area contributed by atoms with Crippen LogP contribution in [0.2, 0.25) is 0 Å². The van der Waals surface area contributed by atoms with Gasteiger partial charge in [0.1, 0.15) is 16.8 Å². The second-order valence-corrected chi connectivity index (χ2v) is 3.19. The fraction of sp³-hybridized carbons (Fsp3) is 0.750. The molecule has 1 aliphatic rings. The summed E-state index contributed by atoms with van der Waals surface area (Å²) in [6, 6.07) is 0. The van der Waals surface area contributed by atoms with Crippen molar-refractivity contribution in [1.29, 1.82) is 0 Å². The summed E-state index contributed by atoms with van der Waals surface area (Å²) in [6.07, 6.45) is 0.0127. The topological polar surface area (TPSA) is 17.1 Å². The van der Waals surface area contributed by atoms with Crippen LogP contribution in [0.15, 0.2) is 0 Å². The number of carbonyl (C=O) groups is 1. The van der Waals surface area contributed by atoms with Crippen LogP contribution in [0.3, 0.4) is 0 Å². The van der Waals surface area contributed by atoms with Gasteiger partial charge in [0.05, 0.1) is 0 Å². The van der Waals surface area contributed by atoms with Gasteiger partial charge in [-0.3, -0.25) is 0 Å². The Morgan fingerprint density at radius 3 is 2.43 bits per heavy atom. The van der Waals surface area contributed by atoms with Crippen molar-refractivity contribution in [2.75, 3.05) is 0 Å². The summed E-state index contributed by atoms with van der Waals surface area (Å²) in [4.78, 5) is 9.81. The van der Waals surface area contributed by atoms with Gasteiger partial charge in [-0.1, -0.05) is 15.9 Å². The smallest absolute Gasteiger partial charge is 0.139 e. The Morgan fingerprint density at radius 2 is 2.43 bits per heavy atom. The summed E-state index contributed by atoms with van der Waals surface area (Å²) in [6.45, 7) is 0. The molecule has 0 aromatic heterocycles. The predicted octanol–water partition coefficient (Wildman–Crippen LogP) is 1.06. The average molecular weight is 167 g/mol. The number of alkyl halides is 2. The molecule has 2 atom stereocenters. The Morgan fingerprint density at radius 1 is 2.00 bits per heavy atom. The van der Waals surface area contributed by atoms with Crippen LogP contribution < -0.4 is 0 Å². The highest BCUT2D eigenvalue weighted by Gasteiger charge is 2.53. The molecule has 2 unspecified atom stereocenters. The van der Waals surface area contributed by atoms with Crippen LogP contribution in [0.4, 0.5) is 4.39 Å². The first-order chi connectivity index (χ1) is 3.19. The monoisotopic (exact) mass is 166 g/mol. The Bertz CT molecular complexity index is 106. The van der Waals surface area contributed by atoms with E-state index < -0.39 is 10.5 Å². The van der Waals surface area contributed by atoms with Crippen molar-refractivity contribution >= 4 is 22.2 Å². The summed E-state index contributed by atoms with van der Waals surface area (Å²) in [5.74, 6) is 0. The summed E-state index contributed by atoms with van der Waals surface area (Å²) in [5, 5.41) is 0. The lowest BCUT2D eigenvalue weighted by Gasteiger charge is -1.85. The Kier molecular flexibility index (Phi) is 0.953. The molecule has 1 rings (SSSR count). The van der Waals surface area contributed by atoms with E-state index in [1.807, 2.05) is 0 Å². The Labute approximate surface area is 49.0 Å². The van der Waals surface area contributed by atoms with E-state index in [0.717, 1.165) is 0 Å². The highest BCUT2D eigenvalue weighted by atomic mass is 79.9. The average Bonchev–Trinajstić information content (AvgIpc) is 2.18. The van der Waals surface area contributed by atoms with Crippen LogP contribution in [0.5, 0.6) is 0 Å². The minimum atomic E-state index is -0.940. The van der Waals surface area contributed by atoms with Gasteiger partial charge >= 0.3 is 0 Å². The van der Waals surface area contributed by atoms with Crippen LogP contribution in [0, 0.1) is 0 Å². The second kappa shape index (κ2) is 1.28. The molecule has 0 spiro atoms. The van der Waals surface area contributed by atoms with Gasteiger partial charge in [0, 0.05) is 6.42 Å². The molecule has 1 fully saturated rings. The highest BCUT2D eigenvalue weighted by Crippen LogP contribution is 2.45. The zero-order valence-electron chi connectivity index (χ0n) is 3.53. The zero-order valence-corrected chi connectivity index (χ0v) is 5.11. The van der Waals surface area contributed by atoms with Gasteiger partial charge < -0.3 is 4.79 Å². The first kappa shape index (κ1) is 5.22. The minimum Gasteiger partial charge on any atom is -0.302 e. The SMILES string of the molecule is O=CC1(Br)CC1F. The molecule has 7 heavy (non-hydrogen) atoms. The van der Waals surface area contributed by atoms with Gasteiger partial charge in [-0.2, -0.15) is 0 Å². The van der Waals surface area contributed by atoms with E-state index >= 15 is 0 Å². The molecule has 0 saturated heterocycles. The van der Waals surface area contributed by atoms with Crippen molar-refractivity contribution in [3.05, 3.63) is 0 Å².